The summed E-state index contributed by atoms with van der Waals surface area (Å²) in [6.45, 7) is 2.53. The summed E-state index contributed by atoms with van der Waals surface area (Å²) in [5.41, 5.74) is 0. The molecule has 3 nitrogen and oxygen atoms in total. The van der Waals surface area contributed by atoms with E-state index in [-0.39, 0.29) is 6.03 Å². The number of nitrogens with zero attached hydrogens (tertiary/aromatic N) is 2. The van der Waals surface area contributed by atoms with Crippen LogP contribution < -0.4 is 5.32 Å². The van der Waals surface area contributed by atoms with Gasteiger partial charge in [0.2, 0.25) is 0 Å². The predicted octanol–water partition coefficient (Wildman–Crippen LogP) is 2.00. The van der Waals surface area contributed by atoms with Crippen molar-refractivity contribution >= 4 is 6.03 Å². The minimum absolute atomic E-state index is 0.0225. The Bertz CT molecular complexity index is 197. The van der Waals surface area contributed by atoms with Gasteiger partial charge < -0.3 is 4.90 Å². The Morgan fingerprint density at radius 1 is 1.21 bits per heavy atom. The molecule has 1 saturated heterocycles. The highest BCUT2D eigenvalue weighted by Gasteiger charge is 2.24. The molecule has 0 atom stereocenters. The molecular weight excluding hydrogens is 176 g/mol. The van der Waals surface area contributed by atoms with Crippen molar-refractivity contribution in [2.24, 2.45) is 5.92 Å². The van der Waals surface area contributed by atoms with E-state index in [1.54, 1.807) is 0 Å². The Kier molecular flexibility index (Phi) is 3.27. The molecule has 2 fully saturated rings. The number of hydrogen-bond acceptors (Lipinski definition) is 1. The second-order valence-electron chi connectivity index (χ2n) is 4.47. The average molecular weight is 195 g/mol. The summed E-state index contributed by atoms with van der Waals surface area (Å²) in [4.78, 5) is 13.2. The molecule has 0 N–H and O–H groups in total. The maximum absolute atomic E-state index is 11.3. The van der Waals surface area contributed by atoms with Crippen molar-refractivity contribution in [3.8, 4) is 0 Å². The highest BCUT2D eigenvalue weighted by Crippen LogP contribution is 2.24. The lowest BCUT2D eigenvalue weighted by Crippen LogP contribution is -2.31. The molecule has 0 spiro atoms. The molecule has 3 heteroatoms. The van der Waals surface area contributed by atoms with Crippen LogP contribution in [-0.2, 0) is 0 Å². The normalized spacial score (nSPS) is 24.9. The molecule has 0 aromatic carbocycles. The van der Waals surface area contributed by atoms with E-state index in [0.717, 1.165) is 19.0 Å². The first-order chi connectivity index (χ1) is 6.86. The van der Waals surface area contributed by atoms with Gasteiger partial charge in [-0.25, -0.2) is 10.1 Å². The lowest BCUT2D eigenvalue weighted by atomic mass is 10.00. The smallest absolute Gasteiger partial charge is 0.321 e. The van der Waals surface area contributed by atoms with Crippen LogP contribution in [0, 0.1) is 5.92 Å². The molecular formula is C11H19N2O. The summed E-state index contributed by atoms with van der Waals surface area (Å²) in [5, 5.41) is 3.89. The molecule has 1 heterocycles. The first-order valence-corrected chi connectivity index (χ1v) is 5.82. The summed E-state index contributed by atoms with van der Waals surface area (Å²) in [6.07, 6.45) is 8.09. The van der Waals surface area contributed by atoms with E-state index < -0.39 is 0 Å². The number of amides is 2. The number of urea groups is 1. The van der Waals surface area contributed by atoms with Gasteiger partial charge >= 0.3 is 6.03 Å². The van der Waals surface area contributed by atoms with Crippen LogP contribution in [0.3, 0.4) is 0 Å². The van der Waals surface area contributed by atoms with Gasteiger partial charge in [-0.15, -0.1) is 0 Å². The van der Waals surface area contributed by atoms with Crippen molar-refractivity contribution in [1.82, 2.24) is 10.2 Å². The molecule has 0 aromatic heterocycles. The van der Waals surface area contributed by atoms with Crippen LogP contribution in [0.25, 0.3) is 0 Å². The molecule has 0 unspecified atom stereocenters. The zero-order valence-electron chi connectivity index (χ0n) is 8.74. The molecule has 2 rings (SSSR count). The van der Waals surface area contributed by atoms with Crippen LogP contribution in [0.5, 0.6) is 0 Å². The van der Waals surface area contributed by atoms with Crippen molar-refractivity contribution in [2.75, 3.05) is 19.6 Å². The maximum Gasteiger partial charge on any atom is 0.339 e. The van der Waals surface area contributed by atoms with Gasteiger partial charge in [-0.05, 0) is 18.8 Å². The molecule has 1 aliphatic heterocycles. The molecule has 2 amide bonds. The summed E-state index contributed by atoms with van der Waals surface area (Å²) in [6, 6.07) is 0.0225. The van der Waals surface area contributed by atoms with Gasteiger partial charge in [-0.2, -0.15) is 0 Å². The predicted molar refractivity (Wildman–Crippen MR) is 55.2 cm³/mol. The fourth-order valence-electron chi connectivity index (χ4n) is 2.49. The Hall–Kier alpha value is -0.730. The standard InChI is InChI=1S/C11H19N2O/c14-11-12-7-8-13(11)9-10-5-3-1-2-4-6-10/h10H,1-9H2. The molecule has 2 aliphatic rings. The van der Waals surface area contributed by atoms with Crippen LogP contribution in [0.4, 0.5) is 4.79 Å². The molecule has 0 bridgehead atoms. The lowest BCUT2D eigenvalue weighted by Gasteiger charge is -2.20. The molecule has 1 radical (unpaired) electrons. The maximum atomic E-state index is 11.3. The van der Waals surface area contributed by atoms with E-state index in [1.807, 2.05) is 4.90 Å². The average Bonchev–Trinajstić information content (AvgIpc) is 2.44. The van der Waals surface area contributed by atoms with Crippen molar-refractivity contribution in [3.63, 3.8) is 0 Å². The van der Waals surface area contributed by atoms with E-state index in [2.05, 4.69) is 5.32 Å². The Morgan fingerprint density at radius 2 is 1.93 bits per heavy atom. The van der Waals surface area contributed by atoms with Crippen LogP contribution in [-0.4, -0.2) is 30.6 Å². The van der Waals surface area contributed by atoms with Crippen molar-refractivity contribution < 1.29 is 4.79 Å². The van der Waals surface area contributed by atoms with Crippen LogP contribution in [0.1, 0.15) is 38.5 Å². The first kappa shape index (κ1) is 9.81. The molecule has 0 aromatic rings. The molecule has 1 saturated carbocycles. The highest BCUT2D eigenvalue weighted by atomic mass is 16.2. The van der Waals surface area contributed by atoms with Gasteiger partial charge in [0.15, 0.2) is 0 Å². The molecule has 1 aliphatic carbocycles. The van der Waals surface area contributed by atoms with E-state index in [9.17, 15) is 4.79 Å². The summed E-state index contributed by atoms with van der Waals surface area (Å²) in [5.74, 6) is 0.745. The van der Waals surface area contributed by atoms with Crippen molar-refractivity contribution in [3.05, 3.63) is 0 Å². The third kappa shape index (κ3) is 2.40. The van der Waals surface area contributed by atoms with Gasteiger partial charge in [0.25, 0.3) is 0 Å². The van der Waals surface area contributed by atoms with E-state index in [0.29, 0.717) is 6.54 Å². The Balaban J connectivity index is 1.80. The van der Waals surface area contributed by atoms with Gasteiger partial charge in [0, 0.05) is 13.1 Å². The SMILES string of the molecule is O=C1[N]CCN1CC1CCCCCC1. The van der Waals surface area contributed by atoms with E-state index in [4.69, 9.17) is 0 Å². The highest BCUT2D eigenvalue weighted by molar-refractivity contribution is 5.75. The summed E-state index contributed by atoms with van der Waals surface area (Å²) >= 11 is 0. The number of hydrogen-bond donors (Lipinski definition) is 0. The number of carbonyl (C=O) groups excluding carboxylic acids is 1. The Morgan fingerprint density at radius 3 is 2.50 bits per heavy atom. The monoisotopic (exact) mass is 195 g/mol. The zero-order valence-corrected chi connectivity index (χ0v) is 8.74. The second-order valence-corrected chi connectivity index (χ2v) is 4.47. The van der Waals surface area contributed by atoms with E-state index in [1.165, 1.54) is 38.5 Å². The lowest BCUT2D eigenvalue weighted by molar-refractivity contribution is 0.205. The van der Waals surface area contributed by atoms with E-state index >= 15 is 0 Å². The zero-order chi connectivity index (χ0) is 9.80. The van der Waals surface area contributed by atoms with Gasteiger partial charge in [-0.1, -0.05) is 25.7 Å². The minimum atomic E-state index is 0.0225. The fraction of sp³-hybridized carbons (Fsp3) is 0.909. The van der Waals surface area contributed by atoms with Crippen molar-refractivity contribution in [1.29, 1.82) is 0 Å². The van der Waals surface area contributed by atoms with Crippen LogP contribution in [0.15, 0.2) is 0 Å². The van der Waals surface area contributed by atoms with Crippen LogP contribution in [0.2, 0.25) is 0 Å². The number of carbonyl (C=O) groups is 1. The largest absolute Gasteiger partial charge is 0.339 e. The van der Waals surface area contributed by atoms with Crippen molar-refractivity contribution in [2.45, 2.75) is 38.5 Å². The fourth-order valence-corrected chi connectivity index (χ4v) is 2.49. The topological polar surface area (TPSA) is 34.4 Å². The Labute approximate surface area is 85.8 Å². The minimum Gasteiger partial charge on any atom is -0.321 e. The third-order valence-corrected chi connectivity index (χ3v) is 3.34. The van der Waals surface area contributed by atoms with Gasteiger partial charge in [0.1, 0.15) is 0 Å². The van der Waals surface area contributed by atoms with Crippen LogP contribution >= 0.6 is 0 Å². The number of rotatable bonds is 2. The third-order valence-electron chi connectivity index (χ3n) is 3.34. The van der Waals surface area contributed by atoms with Gasteiger partial charge in [0.05, 0.1) is 6.54 Å². The first-order valence-electron chi connectivity index (χ1n) is 5.82. The summed E-state index contributed by atoms with van der Waals surface area (Å²) < 4.78 is 0. The van der Waals surface area contributed by atoms with Gasteiger partial charge in [-0.3, -0.25) is 0 Å². The molecule has 79 valence electrons. The quantitative estimate of drug-likeness (QED) is 0.620. The summed E-state index contributed by atoms with van der Waals surface area (Å²) in [7, 11) is 0. The molecule has 14 heavy (non-hydrogen) atoms. The second kappa shape index (κ2) is 4.67.